The summed E-state index contributed by atoms with van der Waals surface area (Å²) in [5.74, 6) is -0.00711. The minimum Gasteiger partial charge on any atom is -0.342 e. The van der Waals surface area contributed by atoms with Crippen molar-refractivity contribution in [1.82, 2.24) is 9.80 Å². The highest BCUT2D eigenvalue weighted by atomic mass is 19.4. The second-order valence-corrected chi connectivity index (χ2v) is 8.64. The van der Waals surface area contributed by atoms with Gasteiger partial charge in [0.2, 0.25) is 5.91 Å². The number of likely N-dealkylation sites (N-methyl/N-ethyl adjacent to an activating group) is 1. The number of hydrogen-bond donors (Lipinski definition) is 0. The van der Waals surface area contributed by atoms with Crippen LogP contribution < -0.4 is 0 Å². The van der Waals surface area contributed by atoms with Crippen molar-refractivity contribution in [3.8, 4) is 0 Å². The van der Waals surface area contributed by atoms with Crippen LogP contribution in [-0.4, -0.2) is 47.9 Å². The number of halogens is 3. The molecule has 1 saturated heterocycles. The number of benzene rings is 1. The lowest BCUT2D eigenvalue weighted by Crippen LogP contribution is -2.52. The van der Waals surface area contributed by atoms with Crippen LogP contribution in [0.3, 0.4) is 0 Å². The predicted octanol–water partition coefficient (Wildman–Crippen LogP) is 4.85. The zero-order valence-electron chi connectivity index (χ0n) is 17.1. The molecule has 0 spiro atoms. The summed E-state index contributed by atoms with van der Waals surface area (Å²) in [5, 5.41) is 0. The Balaban J connectivity index is 1.83. The van der Waals surface area contributed by atoms with Gasteiger partial charge in [0.05, 0.1) is 11.0 Å². The van der Waals surface area contributed by atoms with Crippen LogP contribution in [0.2, 0.25) is 0 Å². The molecule has 1 aliphatic heterocycles. The molecule has 1 heterocycles. The van der Waals surface area contributed by atoms with Gasteiger partial charge < -0.3 is 9.80 Å². The lowest BCUT2D eigenvalue weighted by Gasteiger charge is -2.42. The van der Waals surface area contributed by atoms with Gasteiger partial charge in [-0.1, -0.05) is 31.0 Å². The van der Waals surface area contributed by atoms with E-state index >= 15 is 0 Å². The normalized spacial score (nSPS) is 21.2. The van der Waals surface area contributed by atoms with Crippen LogP contribution in [0.1, 0.15) is 63.5 Å². The first-order chi connectivity index (χ1) is 13.1. The summed E-state index contributed by atoms with van der Waals surface area (Å²) in [6, 6.07) is 6.07. The minimum absolute atomic E-state index is 0.00711. The molecule has 156 valence electrons. The number of rotatable bonds is 4. The van der Waals surface area contributed by atoms with Crippen LogP contribution in [0.5, 0.6) is 0 Å². The van der Waals surface area contributed by atoms with Crippen molar-refractivity contribution < 1.29 is 18.0 Å². The standard InChI is InChI=1S/C22H31F3N2O/c1-16(2)27-13-9-19(10-14-27)26(3)20(28)21(11-4-5-12-21)17-7-6-8-18(15-17)22(23,24)25/h6-8,15-16,19H,4-5,9-14H2,1-3H3. The van der Waals surface area contributed by atoms with E-state index in [4.69, 9.17) is 0 Å². The van der Waals surface area contributed by atoms with E-state index in [9.17, 15) is 18.0 Å². The fourth-order valence-electron chi connectivity index (χ4n) is 4.89. The van der Waals surface area contributed by atoms with Gasteiger partial charge in [-0.05, 0) is 51.2 Å². The molecule has 0 radical (unpaired) electrons. The van der Waals surface area contributed by atoms with Crippen LogP contribution in [0.25, 0.3) is 0 Å². The van der Waals surface area contributed by atoms with Gasteiger partial charge in [0.25, 0.3) is 0 Å². The Labute approximate surface area is 165 Å². The summed E-state index contributed by atoms with van der Waals surface area (Å²) in [5.41, 5.74) is -0.959. The molecule has 1 aromatic rings. The zero-order valence-corrected chi connectivity index (χ0v) is 17.1. The molecule has 1 amide bonds. The number of hydrogen-bond acceptors (Lipinski definition) is 2. The highest BCUT2D eigenvalue weighted by Crippen LogP contribution is 2.44. The van der Waals surface area contributed by atoms with E-state index < -0.39 is 17.2 Å². The average Bonchev–Trinajstić information content (AvgIpc) is 3.17. The van der Waals surface area contributed by atoms with Gasteiger partial charge in [0.15, 0.2) is 0 Å². The quantitative estimate of drug-likeness (QED) is 0.726. The summed E-state index contributed by atoms with van der Waals surface area (Å²) in [4.78, 5) is 17.8. The van der Waals surface area contributed by atoms with Crippen LogP contribution in [-0.2, 0) is 16.4 Å². The molecule has 3 rings (SSSR count). The molecule has 2 fully saturated rings. The lowest BCUT2D eigenvalue weighted by atomic mass is 9.76. The Morgan fingerprint density at radius 3 is 2.32 bits per heavy atom. The number of amides is 1. The molecule has 1 aliphatic carbocycles. The maximum absolute atomic E-state index is 13.6. The largest absolute Gasteiger partial charge is 0.416 e. The average molecular weight is 396 g/mol. The van der Waals surface area contributed by atoms with E-state index in [0.29, 0.717) is 24.4 Å². The zero-order chi connectivity index (χ0) is 20.5. The highest BCUT2D eigenvalue weighted by Gasteiger charge is 2.46. The van der Waals surface area contributed by atoms with Crippen molar-refractivity contribution in [2.75, 3.05) is 20.1 Å². The molecule has 0 N–H and O–H groups in total. The number of likely N-dealkylation sites (tertiary alicyclic amines) is 1. The van der Waals surface area contributed by atoms with E-state index in [0.717, 1.165) is 44.8 Å². The highest BCUT2D eigenvalue weighted by molar-refractivity contribution is 5.88. The third-order valence-corrected chi connectivity index (χ3v) is 6.71. The van der Waals surface area contributed by atoms with Crippen molar-refractivity contribution >= 4 is 5.91 Å². The Hall–Kier alpha value is -1.56. The second-order valence-electron chi connectivity index (χ2n) is 8.64. The van der Waals surface area contributed by atoms with Gasteiger partial charge in [-0.25, -0.2) is 0 Å². The van der Waals surface area contributed by atoms with Crippen LogP contribution in [0, 0.1) is 0 Å². The van der Waals surface area contributed by atoms with E-state index in [1.807, 2.05) is 11.9 Å². The fraction of sp³-hybridized carbons (Fsp3) is 0.682. The van der Waals surface area contributed by atoms with Crippen molar-refractivity contribution in [1.29, 1.82) is 0 Å². The Morgan fingerprint density at radius 1 is 1.18 bits per heavy atom. The Kier molecular flexibility index (Phi) is 6.08. The monoisotopic (exact) mass is 396 g/mol. The maximum atomic E-state index is 13.6. The first kappa shape index (κ1) is 21.2. The molecule has 1 aromatic carbocycles. The van der Waals surface area contributed by atoms with Crippen LogP contribution in [0.4, 0.5) is 13.2 Å². The lowest BCUT2D eigenvalue weighted by molar-refractivity contribution is -0.140. The summed E-state index contributed by atoms with van der Waals surface area (Å²) in [6.07, 6.45) is 0.445. The SMILES string of the molecule is CC(C)N1CCC(N(C)C(=O)C2(c3cccc(C(F)(F)F)c3)CCCC2)CC1. The molecular weight excluding hydrogens is 365 g/mol. The first-order valence-corrected chi connectivity index (χ1v) is 10.3. The molecule has 0 atom stereocenters. The van der Waals surface area contributed by atoms with Gasteiger partial charge in [0.1, 0.15) is 0 Å². The van der Waals surface area contributed by atoms with E-state index in [2.05, 4.69) is 18.7 Å². The number of alkyl halides is 3. The van der Waals surface area contributed by atoms with E-state index in [-0.39, 0.29) is 11.9 Å². The van der Waals surface area contributed by atoms with Gasteiger partial charge in [-0.15, -0.1) is 0 Å². The second kappa shape index (κ2) is 8.05. The van der Waals surface area contributed by atoms with Crippen molar-refractivity contribution in [3.05, 3.63) is 35.4 Å². The van der Waals surface area contributed by atoms with Gasteiger partial charge in [-0.3, -0.25) is 4.79 Å². The summed E-state index contributed by atoms with van der Waals surface area (Å²) in [7, 11) is 1.84. The number of nitrogens with zero attached hydrogens (tertiary/aromatic N) is 2. The Morgan fingerprint density at radius 2 is 1.79 bits per heavy atom. The third kappa shape index (κ3) is 4.07. The molecule has 0 aromatic heterocycles. The number of carbonyl (C=O) groups excluding carboxylic acids is 1. The van der Waals surface area contributed by atoms with Crippen molar-refractivity contribution in [2.45, 2.75) is 76.0 Å². The summed E-state index contributed by atoms with van der Waals surface area (Å²) < 4.78 is 39.7. The van der Waals surface area contributed by atoms with E-state index in [1.165, 1.54) is 12.1 Å². The number of piperidine rings is 1. The van der Waals surface area contributed by atoms with Gasteiger partial charge >= 0.3 is 6.18 Å². The summed E-state index contributed by atoms with van der Waals surface area (Å²) >= 11 is 0. The van der Waals surface area contributed by atoms with Crippen LogP contribution >= 0.6 is 0 Å². The minimum atomic E-state index is -4.39. The first-order valence-electron chi connectivity index (χ1n) is 10.3. The smallest absolute Gasteiger partial charge is 0.342 e. The van der Waals surface area contributed by atoms with E-state index in [1.54, 1.807) is 6.07 Å². The number of carbonyl (C=O) groups is 1. The molecule has 6 heteroatoms. The molecule has 28 heavy (non-hydrogen) atoms. The predicted molar refractivity (Wildman–Crippen MR) is 104 cm³/mol. The maximum Gasteiger partial charge on any atom is 0.416 e. The molecule has 0 unspecified atom stereocenters. The van der Waals surface area contributed by atoms with Gasteiger partial charge in [0, 0.05) is 32.2 Å². The molecular formula is C22H31F3N2O. The topological polar surface area (TPSA) is 23.6 Å². The molecule has 1 saturated carbocycles. The van der Waals surface area contributed by atoms with Crippen molar-refractivity contribution in [3.63, 3.8) is 0 Å². The Bertz CT molecular complexity index is 687. The molecule has 2 aliphatic rings. The third-order valence-electron chi connectivity index (χ3n) is 6.71. The van der Waals surface area contributed by atoms with Crippen LogP contribution in [0.15, 0.2) is 24.3 Å². The molecule has 0 bridgehead atoms. The fourth-order valence-corrected chi connectivity index (χ4v) is 4.89. The molecule has 3 nitrogen and oxygen atoms in total. The van der Waals surface area contributed by atoms with Gasteiger partial charge in [-0.2, -0.15) is 13.2 Å². The summed E-state index contributed by atoms with van der Waals surface area (Å²) in [6.45, 7) is 6.26. The van der Waals surface area contributed by atoms with Crippen molar-refractivity contribution in [2.24, 2.45) is 0 Å².